The third-order valence-corrected chi connectivity index (χ3v) is 4.07. The van der Waals surface area contributed by atoms with E-state index in [1.165, 1.54) is 11.1 Å². The van der Waals surface area contributed by atoms with Gasteiger partial charge in [0.25, 0.3) is 0 Å². The van der Waals surface area contributed by atoms with Crippen LogP contribution in [-0.2, 0) is 12.8 Å². The van der Waals surface area contributed by atoms with Gasteiger partial charge in [-0.2, -0.15) is 0 Å². The molecule has 0 fully saturated rings. The second kappa shape index (κ2) is 5.76. The van der Waals surface area contributed by atoms with Crippen molar-refractivity contribution in [2.45, 2.75) is 25.3 Å². The summed E-state index contributed by atoms with van der Waals surface area (Å²) in [5.41, 5.74) is 3.92. The van der Waals surface area contributed by atoms with Crippen LogP contribution in [0, 0.1) is 0 Å². The SMILES string of the molecule is COc1ccc2c(c1)CC(Nc1cccc(Cl)c1)CC2. The number of aryl methyl sites for hydroxylation is 1. The molecule has 1 N–H and O–H groups in total. The van der Waals surface area contributed by atoms with Crippen LogP contribution >= 0.6 is 11.6 Å². The smallest absolute Gasteiger partial charge is 0.119 e. The molecule has 20 heavy (non-hydrogen) atoms. The third kappa shape index (κ3) is 2.91. The van der Waals surface area contributed by atoms with E-state index >= 15 is 0 Å². The van der Waals surface area contributed by atoms with Crippen LogP contribution in [0.15, 0.2) is 42.5 Å². The summed E-state index contributed by atoms with van der Waals surface area (Å²) < 4.78 is 5.31. The maximum absolute atomic E-state index is 6.03. The van der Waals surface area contributed by atoms with Gasteiger partial charge in [-0.3, -0.25) is 0 Å². The number of nitrogens with one attached hydrogen (secondary N) is 1. The number of hydrogen-bond donors (Lipinski definition) is 1. The zero-order valence-electron chi connectivity index (χ0n) is 11.5. The fourth-order valence-corrected chi connectivity index (χ4v) is 2.99. The van der Waals surface area contributed by atoms with Gasteiger partial charge in [0.05, 0.1) is 7.11 Å². The van der Waals surface area contributed by atoms with Crippen molar-refractivity contribution in [2.24, 2.45) is 0 Å². The van der Waals surface area contributed by atoms with Crippen molar-refractivity contribution < 1.29 is 4.74 Å². The Balaban J connectivity index is 1.74. The number of fused-ring (bicyclic) bond motifs is 1. The molecule has 1 atom stereocenters. The van der Waals surface area contributed by atoms with Crippen LogP contribution in [0.1, 0.15) is 17.5 Å². The summed E-state index contributed by atoms with van der Waals surface area (Å²) in [6.45, 7) is 0. The van der Waals surface area contributed by atoms with E-state index in [9.17, 15) is 0 Å². The maximum atomic E-state index is 6.03. The molecule has 0 saturated carbocycles. The number of benzene rings is 2. The Morgan fingerprint density at radius 1 is 1.15 bits per heavy atom. The molecule has 0 radical (unpaired) electrons. The van der Waals surface area contributed by atoms with E-state index in [-0.39, 0.29) is 0 Å². The Bertz CT molecular complexity index is 612. The highest BCUT2D eigenvalue weighted by Gasteiger charge is 2.19. The van der Waals surface area contributed by atoms with Gasteiger partial charge in [-0.1, -0.05) is 23.7 Å². The minimum absolute atomic E-state index is 0.452. The van der Waals surface area contributed by atoms with Crippen LogP contribution in [0.25, 0.3) is 0 Å². The molecule has 1 aliphatic rings. The lowest BCUT2D eigenvalue weighted by molar-refractivity contribution is 0.413. The van der Waals surface area contributed by atoms with Crippen LogP contribution in [0.4, 0.5) is 5.69 Å². The lowest BCUT2D eigenvalue weighted by Crippen LogP contribution is -2.27. The van der Waals surface area contributed by atoms with Gasteiger partial charge < -0.3 is 10.1 Å². The molecule has 0 saturated heterocycles. The first-order valence-corrected chi connectivity index (χ1v) is 7.30. The fourth-order valence-electron chi connectivity index (χ4n) is 2.80. The van der Waals surface area contributed by atoms with Gasteiger partial charge in [0.15, 0.2) is 0 Å². The Hall–Kier alpha value is -1.67. The highest BCUT2D eigenvalue weighted by Crippen LogP contribution is 2.27. The second-order valence-corrected chi connectivity index (χ2v) is 5.67. The van der Waals surface area contributed by atoms with Crippen molar-refractivity contribution >= 4 is 17.3 Å². The summed E-state index contributed by atoms with van der Waals surface area (Å²) >= 11 is 6.03. The van der Waals surface area contributed by atoms with E-state index in [0.717, 1.165) is 35.7 Å². The van der Waals surface area contributed by atoms with E-state index in [2.05, 4.69) is 23.5 Å². The van der Waals surface area contributed by atoms with Crippen molar-refractivity contribution in [3.63, 3.8) is 0 Å². The summed E-state index contributed by atoms with van der Waals surface area (Å²) in [6.07, 6.45) is 3.28. The average molecular weight is 288 g/mol. The normalized spacial score (nSPS) is 17.4. The topological polar surface area (TPSA) is 21.3 Å². The zero-order chi connectivity index (χ0) is 13.9. The van der Waals surface area contributed by atoms with E-state index in [1.807, 2.05) is 24.3 Å². The summed E-state index contributed by atoms with van der Waals surface area (Å²) in [6, 6.07) is 14.7. The number of halogens is 1. The standard InChI is InChI=1S/C17H18ClNO/c1-20-17-8-6-12-5-7-16(9-13(12)10-17)19-15-4-2-3-14(18)11-15/h2-4,6,8,10-11,16,19H,5,7,9H2,1H3. The number of rotatable bonds is 3. The van der Waals surface area contributed by atoms with Gasteiger partial charge in [0.2, 0.25) is 0 Å². The molecule has 0 heterocycles. The van der Waals surface area contributed by atoms with Gasteiger partial charge in [-0.15, -0.1) is 0 Å². The largest absolute Gasteiger partial charge is 0.497 e. The first-order valence-electron chi connectivity index (χ1n) is 6.92. The van der Waals surface area contributed by atoms with E-state index in [1.54, 1.807) is 7.11 Å². The highest BCUT2D eigenvalue weighted by atomic mass is 35.5. The molecule has 104 valence electrons. The Morgan fingerprint density at radius 3 is 2.85 bits per heavy atom. The third-order valence-electron chi connectivity index (χ3n) is 3.84. The van der Waals surface area contributed by atoms with Crippen LogP contribution in [-0.4, -0.2) is 13.2 Å². The van der Waals surface area contributed by atoms with Gasteiger partial charge in [-0.05, 0) is 60.7 Å². The second-order valence-electron chi connectivity index (χ2n) is 5.23. The highest BCUT2D eigenvalue weighted by molar-refractivity contribution is 6.30. The average Bonchev–Trinajstić information content (AvgIpc) is 2.46. The van der Waals surface area contributed by atoms with Crippen molar-refractivity contribution in [3.05, 3.63) is 58.6 Å². The Labute approximate surface area is 124 Å². The molecular weight excluding hydrogens is 270 g/mol. The van der Waals surface area contributed by atoms with E-state index in [0.29, 0.717) is 6.04 Å². The number of ether oxygens (including phenoxy) is 1. The lowest BCUT2D eigenvalue weighted by atomic mass is 9.88. The Kier molecular flexibility index (Phi) is 3.83. The molecule has 3 heteroatoms. The fraction of sp³-hybridized carbons (Fsp3) is 0.294. The predicted molar refractivity (Wildman–Crippen MR) is 83.9 cm³/mol. The van der Waals surface area contributed by atoms with Gasteiger partial charge in [0, 0.05) is 16.8 Å². The number of anilines is 1. The van der Waals surface area contributed by atoms with E-state index < -0.39 is 0 Å². The first-order chi connectivity index (χ1) is 9.74. The van der Waals surface area contributed by atoms with Crippen LogP contribution < -0.4 is 10.1 Å². The van der Waals surface area contributed by atoms with Gasteiger partial charge in [0.1, 0.15) is 5.75 Å². The predicted octanol–water partition coefficient (Wildman–Crippen LogP) is 4.32. The quantitative estimate of drug-likeness (QED) is 0.908. The molecule has 0 bridgehead atoms. The molecule has 0 spiro atoms. The minimum Gasteiger partial charge on any atom is -0.497 e. The summed E-state index contributed by atoms with van der Waals surface area (Å²) in [7, 11) is 1.71. The molecule has 0 aromatic heterocycles. The Morgan fingerprint density at radius 2 is 2.05 bits per heavy atom. The molecule has 2 nitrogen and oxygen atoms in total. The van der Waals surface area contributed by atoms with Crippen molar-refractivity contribution in [1.82, 2.24) is 0 Å². The maximum Gasteiger partial charge on any atom is 0.119 e. The van der Waals surface area contributed by atoms with Gasteiger partial charge >= 0.3 is 0 Å². The molecule has 0 amide bonds. The first kappa shape index (κ1) is 13.3. The van der Waals surface area contributed by atoms with Gasteiger partial charge in [-0.25, -0.2) is 0 Å². The summed E-state index contributed by atoms with van der Waals surface area (Å²) in [5, 5.41) is 4.35. The monoisotopic (exact) mass is 287 g/mol. The molecule has 0 aliphatic heterocycles. The van der Waals surface area contributed by atoms with Crippen LogP contribution in [0.5, 0.6) is 5.75 Å². The number of methoxy groups -OCH3 is 1. The number of hydrogen-bond acceptors (Lipinski definition) is 2. The van der Waals surface area contributed by atoms with Crippen molar-refractivity contribution in [1.29, 1.82) is 0 Å². The summed E-state index contributed by atoms with van der Waals surface area (Å²) in [5.74, 6) is 0.937. The molecular formula is C17H18ClNO. The van der Waals surface area contributed by atoms with Crippen LogP contribution in [0.3, 0.4) is 0 Å². The molecule has 2 aromatic rings. The van der Waals surface area contributed by atoms with Crippen molar-refractivity contribution in [2.75, 3.05) is 12.4 Å². The van der Waals surface area contributed by atoms with Crippen molar-refractivity contribution in [3.8, 4) is 5.75 Å². The lowest BCUT2D eigenvalue weighted by Gasteiger charge is -2.26. The molecule has 1 unspecified atom stereocenters. The molecule has 1 aliphatic carbocycles. The molecule has 2 aromatic carbocycles. The zero-order valence-corrected chi connectivity index (χ0v) is 12.3. The summed E-state index contributed by atoms with van der Waals surface area (Å²) in [4.78, 5) is 0. The van der Waals surface area contributed by atoms with E-state index in [4.69, 9.17) is 16.3 Å². The molecule has 3 rings (SSSR count). The van der Waals surface area contributed by atoms with Crippen LogP contribution in [0.2, 0.25) is 5.02 Å². The minimum atomic E-state index is 0.452.